The van der Waals surface area contributed by atoms with Crippen molar-refractivity contribution in [3.8, 4) is 5.75 Å². The molecule has 2 aromatic heterocycles. The summed E-state index contributed by atoms with van der Waals surface area (Å²) >= 11 is 7.17. The molecule has 1 aliphatic carbocycles. The van der Waals surface area contributed by atoms with Crippen LogP contribution in [-0.2, 0) is 29.0 Å². The third kappa shape index (κ3) is 5.46. The molecule has 0 saturated heterocycles. The molecule has 4 rings (SSSR count). The maximum atomic E-state index is 13.1. The lowest BCUT2D eigenvalue weighted by Crippen LogP contribution is -2.20. The number of nitrogens with one attached hydrogen (secondary N) is 2. The number of hydrogen-bond donors (Lipinski definition) is 2. The highest BCUT2D eigenvalue weighted by atomic mass is 35.5. The Labute approximate surface area is 209 Å². The standard InChI is InChI=1S/C21H21ClF3N5O3S2/c1-10(2)19-28-29-20(34-19)30-35(31,32)17-7-12-5-14(4-11(12)6-16(17)33-3)27-18-15(22)8-13(9-26-18)21(23,24)25/h6-10,14H,4-5H2,1-3H3,(H,26,27)(H,29,30). The molecule has 1 unspecified atom stereocenters. The van der Waals surface area contributed by atoms with Crippen LogP contribution in [0.15, 0.2) is 29.3 Å². The number of alkyl halides is 3. The van der Waals surface area contributed by atoms with Crippen LogP contribution in [0.25, 0.3) is 0 Å². The first-order valence-corrected chi connectivity index (χ1v) is 13.1. The van der Waals surface area contributed by atoms with E-state index in [-0.39, 0.29) is 38.6 Å². The van der Waals surface area contributed by atoms with Crippen molar-refractivity contribution in [3.63, 3.8) is 0 Å². The quantitative estimate of drug-likeness (QED) is 0.423. The summed E-state index contributed by atoms with van der Waals surface area (Å²) < 4.78 is 72.6. The van der Waals surface area contributed by atoms with Crippen molar-refractivity contribution in [2.45, 2.75) is 49.7 Å². The van der Waals surface area contributed by atoms with Crippen molar-refractivity contribution < 1.29 is 26.3 Å². The number of benzene rings is 1. The molecule has 1 atom stereocenters. The van der Waals surface area contributed by atoms with Gasteiger partial charge in [-0.2, -0.15) is 13.2 Å². The minimum atomic E-state index is -4.55. The maximum absolute atomic E-state index is 13.1. The van der Waals surface area contributed by atoms with E-state index in [0.29, 0.717) is 24.0 Å². The molecular weight excluding hydrogens is 527 g/mol. The molecule has 0 spiro atoms. The molecule has 2 heterocycles. The van der Waals surface area contributed by atoms with Gasteiger partial charge in [-0.05, 0) is 42.2 Å². The van der Waals surface area contributed by atoms with E-state index < -0.39 is 21.8 Å². The van der Waals surface area contributed by atoms with E-state index in [1.807, 2.05) is 13.8 Å². The van der Waals surface area contributed by atoms with Gasteiger partial charge in [0.15, 0.2) is 0 Å². The fourth-order valence-corrected chi connectivity index (χ4v) is 6.07. The number of ether oxygens (including phenoxy) is 1. The summed E-state index contributed by atoms with van der Waals surface area (Å²) in [6.07, 6.45) is -2.94. The van der Waals surface area contributed by atoms with Crippen LogP contribution < -0.4 is 14.8 Å². The Balaban J connectivity index is 1.55. The Kier molecular flexibility index (Phi) is 6.86. The molecule has 8 nitrogen and oxygen atoms in total. The van der Waals surface area contributed by atoms with Crippen molar-refractivity contribution in [2.24, 2.45) is 0 Å². The molecular formula is C21H21ClF3N5O3S2. The van der Waals surface area contributed by atoms with Gasteiger partial charge in [-0.15, -0.1) is 10.2 Å². The topological polar surface area (TPSA) is 106 Å². The number of hydrogen-bond acceptors (Lipinski definition) is 8. The lowest BCUT2D eigenvalue weighted by molar-refractivity contribution is -0.137. The highest BCUT2D eigenvalue weighted by Crippen LogP contribution is 2.36. The zero-order valence-electron chi connectivity index (χ0n) is 18.8. The van der Waals surface area contributed by atoms with Gasteiger partial charge in [-0.3, -0.25) is 4.72 Å². The van der Waals surface area contributed by atoms with Gasteiger partial charge in [0.25, 0.3) is 10.0 Å². The number of anilines is 2. The van der Waals surface area contributed by atoms with Gasteiger partial charge >= 0.3 is 6.18 Å². The number of sulfonamides is 1. The highest BCUT2D eigenvalue weighted by Gasteiger charge is 2.33. The molecule has 0 radical (unpaired) electrons. The van der Waals surface area contributed by atoms with Gasteiger partial charge in [0, 0.05) is 18.2 Å². The Morgan fingerprint density at radius 1 is 1.17 bits per heavy atom. The number of nitrogens with zero attached hydrogens (tertiary/aromatic N) is 3. The number of rotatable bonds is 7. The molecule has 188 valence electrons. The van der Waals surface area contributed by atoms with Crippen LogP contribution >= 0.6 is 22.9 Å². The van der Waals surface area contributed by atoms with Crippen molar-refractivity contribution in [3.05, 3.63) is 51.1 Å². The fourth-order valence-electron chi connectivity index (χ4n) is 3.67. The second kappa shape index (κ2) is 9.43. The molecule has 0 bridgehead atoms. The second-order valence-corrected chi connectivity index (χ2v) is 11.3. The van der Waals surface area contributed by atoms with Gasteiger partial charge < -0.3 is 10.1 Å². The Morgan fingerprint density at radius 2 is 1.86 bits per heavy atom. The van der Waals surface area contributed by atoms with Crippen LogP contribution in [-0.4, -0.2) is 36.8 Å². The van der Waals surface area contributed by atoms with Gasteiger partial charge in [-0.25, -0.2) is 13.4 Å². The summed E-state index contributed by atoms with van der Waals surface area (Å²) in [5.41, 5.74) is 0.664. The third-order valence-corrected chi connectivity index (χ3v) is 8.29. The predicted molar refractivity (Wildman–Crippen MR) is 127 cm³/mol. The van der Waals surface area contributed by atoms with Crippen molar-refractivity contribution in [1.29, 1.82) is 0 Å². The van der Waals surface area contributed by atoms with Crippen LogP contribution in [0, 0.1) is 0 Å². The van der Waals surface area contributed by atoms with E-state index in [1.165, 1.54) is 13.2 Å². The van der Waals surface area contributed by atoms with Crippen LogP contribution in [0.2, 0.25) is 5.02 Å². The highest BCUT2D eigenvalue weighted by molar-refractivity contribution is 7.93. The van der Waals surface area contributed by atoms with Crippen molar-refractivity contribution in [2.75, 3.05) is 17.1 Å². The molecule has 35 heavy (non-hydrogen) atoms. The molecule has 0 fully saturated rings. The van der Waals surface area contributed by atoms with E-state index in [4.69, 9.17) is 16.3 Å². The minimum absolute atomic E-state index is 0.0496. The number of pyridine rings is 1. The first-order chi connectivity index (χ1) is 16.4. The van der Waals surface area contributed by atoms with Crippen LogP contribution in [0.3, 0.4) is 0 Å². The number of halogens is 4. The molecule has 1 aromatic carbocycles. The molecule has 0 amide bonds. The van der Waals surface area contributed by atoms with Gasteiger partial charge in [0.1, 0.15) is 21.5 Å². The molecule has 2 N–H and O–H groups in total. The minimum Gasteiger partial charge on any atom is -0.495 e. The second-order valence-electron chi connectivity index (χ2n) is 8.28. The average Bonchev–Trinajstić information content (AvgIpc) is 3.39. The Morgan fingerprint density at radius 3 is 2.43 bits per heavy atom. The van der Waals surface area contributed by atoms with Crippen molar-refractivity contribution in [1.82, 2.24) is 15.2 Å². The third-order valence-electron chi connectivity index (χ3n) is 5.37. The lowest BCUT2D eigenvalue weighted by atomic mass is 10.1. The molecule has 0 saturated carbocycles. The van der Waals surface area contributed by atoms with Gasteiger partial charge in [0.2, 0.25) is 5.13 Å². The zero-order valence-corrected chi connectivity index (χ0v) is 21.2. The zero-order chi connectivity index (χ0) is 25.5. The Bertz CT molecular complexity index is 1360. The summed E-state index contributed by atoms with van der Waals surface area (Å²) in [4.78, 5) is 3.77. The fraction of sp³-hybridized carbons (Fsp3) is 0.381. The molecule has 14 heteroatoms. The average molecular weight is 548 g/mol. The SMILES string of the molecule is COc1cc2c(cc1S(=O)(=O)Nc1nnc(C(C)C)s1)CC(Nc1ncc(C(F)(F)F)cc1Cl)C2. The molecule has 0 aliphatic heterocycles. The summed E-state index contributed by atoms with van der Waals surface area (Å²) in [6.45, 7) is 3.86. The van der Waals surface area contributed by atoms with Crippen LogP contribution in [0.4, 0.5) is 24.1 Å². The number of methoxy groups -OCH3 is 1. The molecule has 3 aromatic rings. The molecule has 1 aliphatic rings. The Hall–Kier alpha value is -2.64. The smallest absolute Gasteiger partial charge is 0.417 e. The van der Waals surface area contributed by atoms with Gasteiger partial charge in [0.05, 0.1) is 17.7 Å². The van der Waals surface area contributed by atoms with Gasteiger partial charge in [-0.1, -0.05) is 36.8 Å². The van der Waals surface area contributed by atoms with Crippen LogP contribution in [0.5, 0.6) is 5.75 Å². The number of aromatic nitrogens is 3. The largest absolute Gasteiger partial charge is 0.495 e. The lowest BCUT2D eigenvalue weighted by Gasteiger charge is -2.15. The summed E-state index contributed by atoms with van der Waals surface area (Å²) in [7, 11) is -2.65. The van der Waals surface area contributed by atoms with E-state index in [1.54, 1.807) is 6.07 Å². The summed E-state index contributed by atoms with van der Waals surface area (Å²) in [6, 6.07) is 3.74. The normalized spacial score (nSPS) is 15.8. The summed E-state index contributed by atoms with van der Waals surface area (Å²) in [5, 5.41) is 11.6. The van der Waals surface area contributed by atoms with E-state index in [2.05, 4.69) is 25.2 Å². The number of fused-ring (bicyclic) bond motifs is 1. The van der Waals surface area contributed by atoms with Crippen LogP contribution in [0.1, 0.15) is 41.5 Å². The monoisotopic (exact) mass is 547 g/mol. The first-order valence-electron chi connectivity index (χ1n) is 10.4. The summed E-state index contributed by atoms with van der Waals surface area (Å²) in [5.74, 6) is 0.393. The van der Waals surface area contributed by atoms with E-state index >= 15 is 0 Å². The van der Waals surface area contributed by atoms with E-state index in [9.17, 15) is 21.6 Å². The predicted octanol–water partition coefficient (Wildman–Crippen LogP) is 5.12. The maximum Gasteiger partial charge on any atom is 0.417 e. The van der Waals surface area contributed by atoms with E-state index in [0.717, 1.165) is 28.5 Å². The first kappa shape index (κ1) is 25.5. The van der Waals surface area contributed by atoms with Crippen molar-refractivity contribution >= 4 is 43.9 Å².